The zero-order valence-corrected chi connectivity index (χ0v) is 10.3. The van der Waals surface area contributed by atoms with Gasteiger partial charge in [0.05, 0.1) is 16.2 Å². The molecule has 1 aromatic rings. The summed E-state index contributed by atoms with van der Waals surface area (Å²) in [7, 11) is 0. The molecule has 0 saturated carbocycles. The lowest BCUT2D eigenvalue weighted by molar-refractivity contribution is -0.385. The highest BCUT2D eigenvalue weighted by molar-refractivity contribution is 5.95. The van der Waals surface area contributed by atoms with Crippen LogP contribution < -0.4 is 11.1 Å². The fraction of sp³-hybridized carbons (Fsp3) is 0.455. The minimum absolute atomic E-state index is 0.00497. The van der Waals surface area contributed by atoms with Gasteiger partial charge in [-0.05, 0) is 20.3 Å². The first-order valence-corrected chi connectivity index (χ1v) is 5.56. The quantitative estimate of drug-likeness (QED) is 0.593. The van der Waals surface area contributed by atoms with Crippen LogP contribution in [0, 0.1) is 17.0 Å². The molecule has 1 aromatic heterocycles. The Morgan fingerprint density at radius 2 is 2.33 bits per heavy atom. The maximum absolute atomic E-state index is 11.8. The molecule has 3 N–H and O–H groups in total. The van der Waals surface area contributed by atoms with Gasteiger partial charge in [-0.1, -0.05) is 0 Å². The Labute approximate surface area is 105 Å². The van der Waals surface area contributed by atoms with Gasteiger partial charge in [0, 0.05) is 18.7 Å². The van der Waals surface area contributed by atoms with Crippen molar-refractivity contribution < 1.29 is 9.72 Å². The Morgan fingerprint density at radius 3 is 2.89 bits per heavy atom. The number of nitrogens with zero attached hydrogens (tertiary/aromatic N) is 2. The van der Waals surface area contributed by atoms with E-state index in [2.05, 4.69) is 10.3 Å². The molecule has 0 spiro atoms. The van der Waals surface area contributed by atoms with E-state index in [-0.39, 0.29) is 23.2 Å². The third-order valence-corrected chi connectivity index (χ3v) is 2.41. The van der Waals surface area contributed by atoms with Gasteiger partial charge in [-0.2, -0.15) is 0 Å². The molecule has 7 nitrogen and oxygen atoms in total. The maximum Gasteiger partial charge on any atom is 0.288 e. The van der Waals surface area contributed by atoms with Gasteiger partial charge >= 0.3 is 0 Å². The molecule has 0 aliphatic rings. The number of nitrogens with two attached hydrogens (primary N) is 1. The first-order chi connectivity index (χ1) is 8.41. The molecule has 1 amide bonds. The number of nitro groups is 1. The molecule has 0 fully saturated rings. The molecule has 0 saturated heterocycles. The van der Waals surface area contributed by atoms with Gasteiger partial charge in [-0.3, -0.25) is 19.9 Å². The molecule has 98 valence electrons. The van der Waals surface area contributed by atoms with E-state index in [9.17, 15) is 14.9 Å². The number of pyridine rings is 1. The van der Waals surface area contributed by atoms with E-state index in [4.69, 9.17) is 5.73 Å². The van der Waals surface area contributed by atoms with Crippen LogP contribution in [0.15, 0.2) is 12.3 Å². The van der Waals surface area contributed by atoms with Crippen LogP contribution in [-0.2, 0) is 0 Å². The molecule has 0 radical (unpaired) electrons. The average molecular weight is 252 g/mol. The second-order valence-electron chi connectivity index (χ2n) is 4.11. The Kier molecular flexibility index (Phi) is 4.73. The van der Waals surface area contributed by atoms with Crippen molar-refractivity contribution in [1.82, 2.24) is 10.3 Å². The maximum atomic E-state index is 11.8. The smallest absolute Gasteiger partial charge is 0.288 e. The third kappa shape index (κ3) is 3.77. The van der Waals surface area contributed by atoms with Crippen LogP contribution in [0.4, 0.5) is 5.69 Å². The van der Waals surface area contributed by atoms with Crippen LogP contribution in [0.5, 0.6) is 0 Å². The summed E-state index contributed by atoms with van der Waals surface area (Å²) >= 11 is 0. The van der Waals surface area contributed by atoms with Crippen molar-refractivity contribution >= 4 is 11.6 Å². The first-order valence-electron chi connectivity index (χ1n) is 5.56. The van der Waals surface area contributed by atoms with Crippen LogP contribution in [0.25, 0.3) is 0 Å². The number of aryl methyl sites for hydroxylation is 1. The predicted octanol–water partition coefficient (Wildman–Crippen LogP) is 0.765. The van der Waals surface area contributed by atoms with Crippen LogP contribution in [-0.4, -0.2) is 28.4 Å². The molecular weight excluding hydrogens is 236 g/mol. The van der Waals surface area contributed by atoms with Gasteiger partial charge in [0.1, 0.15) is 6.20 Å². The molecule has 7 heteroatoms. The van der Waals surface area contributed by atoms with E-state index in [1.165, 1.54) is 6.07 Å². The van der Waals surface area contributed by atoms with Gasteiger partial charge < -0.3 is 11.1 Å². The molecule has 0 aliphatic carbocycles. The third-order valence-electron chi connectivity index (χ3n) is 2.41. The molecule has 1 unspecified atom stereocenters. The lowest BCUT2D eigenvalue weighted by Gasteiger charge is -2.08. The van der Waals surface area contributed by atoms with Gasteiger partial charge in [0.2, 0.25) is 0 Å². The van der Waals surface area contributed by atoms with E-state index in [1.54, 1.807) is 6.92 Å². The molecule has 1 atom stereocenters. The second-order valence-corrected chi connectivity index (χ2v) is 4.11. The summed E-state index contributed by atoms with van der Waals surface area (Å²) in [5, 5.41) is 13.3. The standard InChI is InChI=1S/C11H16N4O3/c1-7(12)3-4-13-11(16)10-5-9(15(17)18)6-14-8(10)2/h5-7H,3-4,12H2,1-2H3,(H,13,16). The van der Waals surface area contributed by atoms with E-state index in [1.807, 2.05) is 6.92 Å². The molecule has 0 aliphatic heterocycles. The first kappa shape index (κ1) is 14.0. The Morgan fingerprint density at radius 1 is 1.67 bits per heavy atom. The molecule has 1 heterocycles. The number of carbonyl (C=O) groups is 1. The minimum atomic E-state index is -0.578. The highest BCUT2D eigenvalue weighted by Gasteiger charge is 2.15. The number of rotatable bonds is 5. The summed E-state index contributed by atoms with van der Waals surface area (Å²) < 4.78 is 0. The topological polar surface area (TPSA) is 111 Å². The van der Waals surface area contributed by atoms with Crippen molar-refractivity contribution in [3.8, 4) is 0 Å². The number of hydrogen-bond acceptors (Lipinski definition) is 5. The van der Waals surface area contributed by atoms with E-state index in [0.717, 1.165) is 6.20 Å². The monoisotopic (exact) mass is 252 g/mol. The fourth-order valence-electron chi connectivity index (χ4n) is 1.36. The zero-order chi connectivity index (χ0) is 13.7. The summed E-state index contributed by atoms with van der Waals surface area (Å²) in [6.45, 7) is 3.90. The molecule has 0 bridgehead atoms. The Bertz CT molecular complexity index is 460. The Hall–Kier alpha value is -2.02. The van der Waals surface area contributed by atoms with Crippen LogP contribution in [0.3, 0.4) is 0 Å². The second kappa shape index (κ2) is 6.06. The highest BCUT2D eigenvalue weighted by Crippen LogP contribution is 2.14. The molecule has 1 rings (SSSR count). The van der Waals surface area contributed by atoms with Crippen molar-refractivity contribution in [3.63, 3.8) is 0 Å². The normalized spacial score (nSPS) is 11.9. The summed E-state index contributed by atoms with van der Waals surface area (Å²) in [5.41, 5.74) is 6.04. The van der Waals surface area contributed by atoms with E-state index in [0.29, 0.717) is 18.7 Å². The fourth-order valence-corrected chi connectivity index (χ4v) is 1.36. The number of amides is 1. The summed E-state index contributed by atoms with van der Waals surface area (Å²) in [6.07, 6.45) is 1.78. The van der Waals surface area contributed by atoms with E-state index >= 15 is 0 Å². The van der Waals surface area contributed by atoms with Crippen molar-refractivity contribution in [3.05, 3.63) is 33.6 Å². The van der Waals surface area contributed by atoms with Crippen LogP contribution in [0.1, 0.15) is 29.4 Å². The molecule has 18 heavy (non-hydrogen) atoms. The van der Waals surface area contributed by atoms with Gasteiger partial charge in [-0.15, -0.1) is 0 Å². The Balaban J connectivity index is 2.78. The van der Waals surface area contributed by atoms with Gasteiger partial charge in [-0.25, -0.2) is 0 Å². The SMILES string of the molecule is Cc1ncc([N+](=O)[O-])cc1C(=O)NCCC(C)N. The largest absolute Gasteiger partial charge is 0.352 e. The zero-order valence-electron chi connectivity index (χ0n) is 10.3. The van der Waals surface area contributed by atoms with Crippen molar-refractivity contribution in [1.29, 1.82) is 0 Å². The lowest BCUT2D eigenvalue weighted by Crippen LogP contribution is -2.29. The predicted molar refractivity (Wildman–Crippen MR) is 66.2 cm³/mol. The van der Waals surface area contributed by atoms with Crippen molar-refractivity contribution in [2.75, 3.05) is 6.54 Å². The van der Waals surface area contributed by atoms with E-state index < -0.39 is 4.92 Å². The number of aromatic nitrogens is 1. The van der Waals surface area contributed by atoms with Gasteiger partial charge in [0.15, 0.2) is 0 Å². The summed E-state index contributed by atoms with van der Waals surface area (Å²) in [4.78, 5) is 25.7. The lowest BCUT2D eigenvalue weighted by atomic mass is 10.1. The van der Waals surface area contributed by atoms with Gasteiger partial charge in [0.25, 0.3) is 11.6 Å². The van der Waals surface area contributed by atoms with Crippen LogP contribution >= 0.6 is 0 Å². The van der Waals surface area contributed by atoms with Crippen molar-refractivity contribution in [2.24, 2.45) is 5.73 Å². The molecular formula is C11H16N4O3. The minimum Gasteiger partial charge on any atom is -0.352 e. The average Bonchev–Trinajstić information content (AvgIpc) is 2.28. The molecule has 0 aromatic carbocycles. The number of hydrogen-bond donors (Lipinski definition) is 2. The van der Waals surface area contributed by atoms with Crippen LogP contribution in [0.2, 0.25) is 0 Å². The number of nitrogens with one attached hydrogen (secondary N) is 1. The highest BCUT2D eigenvalue weighted by atomic mass is 16.6. The van der Waals surface area contributed by atoms with Crippen molar-refractivity contribution in [2.45, 2.75) is 26.3 Å². The summed E-state index contributed by atoms with van der Waals surface area (Å²) in [5.74, 6) is -0.371. The number of carbonyl (C=O) groups excluding carboxylic acids is 1. The summed E-state index contributed by atoms with van der Waals surface area (Å²) in [6, 6.07) is 1.22.